The van der Waals surface area contributed by atoms with Crippen molar-refractivity contribution in [2.75, 3.05) is 44.4 Å². The van der Waals surface area contributed by atoms with Crippen molar-refractivity contribution in [3.63, 3.8) is 0 Å². The van der Waals surface area contributed by atoms with E-state index in [0.717, 1.165) is 18.7 Å². The summed E-state index contributed by atoms with van der Waals surface area (Å²) in [5.41, 5.74) is 1.02. The Labute approximate surface area is 192 Å². The summed E-state index contributed by atoms with van der Waals surface area (Å²) in [5.74, 6) is -3.29. The number of hydrogen-bond acceptors (Lipinski definition) is 6. The zero-order chi connectivity index (χ0) is 24.8. The first-order valence-electron chi connectivity index (χ1n) is 10.3. The van der Waals surface area contributed by atoms with E-state index in [1.807, 2.05) is 18.3 Å². The third-order valence-electron chi connectivity index (χ3n) is 5.17. The molecule has 0 saturated carbocycles. The van der Waals surface area contributed by atoms with Crippen LogP contribution in [0.5, 0.6) is 0 Å². The lowest BCUT2D eigenvalue weighted by molar-refractivity contribution is -0.192. The van der Waals surface area contributed by atoms with Crippen molar-refractivity contribution >= 4 is 17.6 Å². The Hall–Kier alpha value is -3.09. The highest BCUT2D eigenvalue weighted by Gasteiger charge is 2.43. The Bertz CT molecular complexity index is 992. The summed E-state index contributed by atoms with van der Waals surface area (Å²) in [4.78, 5) is 29.3. The minimum atomic E-state index is -5.08. The average Bonchev–Trinajstić information content (AvgIpc) is 2.98. The van der Waals surface area contributed by atoms with Crippen LogP contribution in [0, 0.1) is 5.82 Å². The summed E-state index contributed by atoms with van der Waals surface area (Å²) in [6.07, 6.45) is -1.48. The molecular formula is C22H23F4N3O5. The van der Waals surface area contributed by atoms with Gasteiger partial charge in [0.1, 0.15) is 18.0 Å². The van der Waals surface area contributed by atoms with E-state index in [9.17, 15) is 22.4 Å². The highest BCUT2D eigenvalue weighted by atomic mass is 19.4. The molecule has 8 nitrogen and oxygen atoms in total. The van der Waals surface area contributed by atoms with Gasteiger partial charge in [0.15, 0.2) is 0 Å². The molecule has 12 heteroatoms. The lowest BCUT2D eigenvalue weighted by atomic mass is 10.0. The second-order valence-electron chi connectivity index (χ2n) is 7.86. The number of carboxylic acid groups (broad SMARTS) is 1. The average molecular weight is 485 g/mol. The molecule has 2 aromatic rings. The molecule has 1 spiro atoms. The summed E-state index contributed by atoms with van der Waals surface area (Å²) in [6, 6.07) is 10.1. The van der Waals surface area contributed by atoms with Crippen molar-refractivity contribution in [3.8, 4) is 0 Å². The van der Waals surface area contributed by atoms with Crippen molar-refractivity contribution in [1.82, 2.24) is 9.88 Å². The van der Waals surface area contributed by atoms with E-state index in [2.05, 4.69) is 9.88 Å². The van der Waals surface area contributed by atoms with Crippen LogP contribution in [0.25, 0.3) is 0 Å². The van der Waals surface area contributed by atoms with Crippen LogP contribution in [-0.2, 0) is 25.6 Å². The van der Waals surface area contributed by atoms with Gasteiger partial charge < -0.3 is 19.5 Å². The molecule has 2 saturated heterocycles. The number of halogens is 4. The number of aliphatic carboxylic acids is 1. The molecule has 0 radical (unpaired) electrons. The second kappa shape index (κ2) is 10.9. The maximum Gasteiger partial charge on any atom is 0.490 e. The number of benzene rings is 1. The van der Waals surface area contributed by atoms with Crippen molar-refractivity contribution in [2.24, 2.45) is 0 Å². The molecule has 2 aliphatic heterocycles. The van der Waals surface area contributed by atoms with Crippen LogP contribution in [0.2, 0.25) is 0 Å². The molecule has 4 rings (SSSR count). The molecule has 1 amide bonds. The molecule has 2 fully saturated rings. The number of nitrogens with zero attached hydrogens (tertiary/aromatic N) is 3. The number of hydrogen-bond donors (Lipinski definition) is 1. The summed E-state index contributed by atoms with van der Waals surface area (Å²) in [5, 5.41) is 7.12. The largest absolute Gasteiger partial charge is 0.490 e. The van der Waals surface area contributed by atoms with Crippen molar-refractivity contribution in [3.05, 3.63) is 60.2 Å². The van der Waals surface area contributed by atoms with Crippen LogP contribution >= 0.6 is 0 Å². The zero-order valence-electron chi connectivity index (χ0n) is 18.0. The normalized spacial score (nSPS) is 21.5. The first-order valence-corrected chi connectivity index (χ1v) is 10.3. The van der Waals surface area contributed by atoms with E-state index in [1.54, 1.807) is 23.2 Å². The molecule has 1 N–H and O–H groups in total. The minimum absolute atomic E-state index is 0.0411. The molecule has 2 aliphatic rings. The number of alkyl halides is 3. The first-order chi connectivity index (χ1) is 16.1. The Kier molecular flexibility index (Phi) is 8.18. The molecule has 1 atom stereocenters. The van der Waals surface area contributed by atoms with Crippen LogP contribution in [0.3, 0.4) is 0 Å². The third-order valence-corrected chi connectivity index (χ3v) is 5.17. The van der Waals surface area contributed by atoms with E-state index in [4.69, 9.17) is 19.4 Å². The standard InChI is InChI=1S/C20H22FN3O3.C2HF3O2/c21-17-4-1-5-18(9-17)24-14-20(27-12-19(24)25)13-23(7-8-26-15-20)11-16-3-2-6-22-10-16;3-2(4,5)1(6)7/h1-6,9-10H,7-8,11-15H2;(H,6,7). The fraction of sp³-hybridized carbons (Fsp3) is 0.409. The van der Waals surface area contributed by atoms with E-state index in [1.165, 1.54) is 12.1 Å². The summed E-state index contributed by atoms with van der Waals surface area (Å²) in [7, 11) is 0. The number of morpholine rings is 1. The number of carbonyl (C=O) groups excluding carboxylic acids is 1. The van der Waals surface area contributed by atoms with Gasteiger partial charge in [-0.3, -0.25) is 14.7 Å². The first kappa shape index (κ1) is 25.5. The number of rotatable bonds is 3. The van der Waals surface area contributed by atoms with E-state index in [0.29, 0.717) is 32.0 Å². The summed E-state index contributed by atoms with van der Waals surface area (Å²) >= 11 is 0. The summed E-state index contributed by atoms with van der Waals surface area (Å²) < 4.78 is 57.2. The van der Waals surface area contributed by atoms with Gasteiger partial charge in [-0.2, -0.15) is 13.2 Å². The number of ether oxygens (including phenoxy) is 2. The number of aromatic nitrogens is 1. The number of amides is 1. The monoisotopic (exact) mass is 485 g/mol. The van der Waals surface area contributed by atoms with Gasteiger partial charge in [0, 0.05) is 37.7 Å². The lowest BCUT2D eigenvalue weighted by Gasteiger charge is -2.43. The maximum absolute atomic E-state index is 13.6. The van der Waals surface area contributed by atoms with Crippen molar-refractivity contribution < 1.29 is 41.7 Å². The molecule has 1 unspecified atom stereocenters. The number of pyridine rings is 1. The van der Waals surface area contributed by atoms with Crippen molar-refractivity contribution in [1.29, 1.82) is 0 Å². The van der Waals surface area contributed by atoms with Crippen LogP contribution < -0.4 is 4.90 Å². The Morgan fingerprint density at radius 2 is 1.97 bits per heavy atom. The van der Waals surface area contributed by atoms with Gasteiger partial charge in [0.05, 0.1) is 19.8 Å². The van der Waals surface area contributed by atoms with Crippen LogP contribution in [-0.4, -0.2) is 78.1 Å². The smallest absolute Gasteiger partial charge is 0.475 e. The Balaban J connectivity index is 0.000000406. The second-order valence-corrected chi connectivity index (χ2v) is 7.86. The van der Waals surface area contributed by atoms with Gasteiger partial charge in [0.25, 0.3) is 5.91 Å². The van der Waals surface area contributed by atoms with Gasteiger partial charge in [-0.25, -0.2) is 9.18 Å². The van der Waals surface area contributed by atoms with Gasteiger partial charge in [0.2, 0.25) is 0 Å². The lowest BCUT2D eigenvalue weighted by Crippen LogP contribution is -2.60. The maximum atomic E-state index is 13.6. The SMILES string of the molecule is O=C(O)C(F)(F)F.O=C1COC2(COCCN(Cc3cccnc3)C2)CN1c1cccc(F)c1. The molecule has 1 aromatic carbocycles. The molecule has 34 heavy (non-hydrogen) atoms. The fourth-order valence-electron chi connectivity index (χ4n) is 3.65. The molecule has 184 valence electrons. The number of carboxylic acids is 1. The van der Waals surface area contributed by atoms with E-state index < -0.39 is 17.7 Å². The Morgan fingerprint density at radius 3 is 2.62 bits per heavy atom. The third kappa shape index (κ3) is 6.95. The number of carbonyl (C=O) groups is 2. The van der Waals surface area contributed by atoms with E-state index >= 15 is 0 Å². The van der Waals surface area contributed by atoms with Gasteiger partial charge >= 0.3 is 12.1 Å². The molecule has 1 aromatic heterocycles. The number of anilines is 1. The highest BCUT2D eigenvalue weighted by Crippen LogP contribution is 2.28. The predicted octanol–water partition coefficient (Wildman–Crippen LogP) is 2.49. The van der Waals surface area contributed by atoms with Gasteiger partial charge in [-0.1, -0.05) is 12.1 Å². The zero-order valence-corrected chi connectivity index (χ0v) is 18.0. The van der Waals surface area contributed by atoms with Gasteiger partial charge in [-0.15, -0.1) is 0 Å². The molecule has 0 bridgehead atoms. The fourth-order valence-corrected chi connectivity index (χ4v) is 3.65. The van der Waals surface area contributed by atoms with Crippen LogP contribution in [0.4, 0.5) is 23.2 Å². The molecule has 0 aliphatic carbocycles. The molecule has 3 heterocycles. The minimum Gasteiger partial charge on any atom is -0.475 e. The summed E-state index contributed by atoms with van der Waals surface area (Å²) in [6.45, 7) is 3.42. The Morgan fingerprint density at radius 1 is 1.21 bits per heavy atom. The quantitative estimate of drug-likeness (QED) is 0.668. The topological polar surface area (TPSA) is 92.2 Å². The van der Waals surface area contributed by atoms with Crippen molar-refractivity contribution in [2.45, 2.75) is 18.3 Å². The van der Waals surface area contributed by atoms with E-state index in [-0.39, 0.29) is 18.3 Å². The van der Waals surface area contributed by atoms with Gasteiger partial charge in [-0.05, 0) is 29.8 Å². The molecular weight excluding hydrogens is 462 g/mol. The van der Waals surface area contributed by atoms with Crippen LogP contribution in [0.1, 0.15) is 5.56 Å². The highest BCUT2D eigenvalue weighted by molar-refractivity contribution is 5.95. The predicted molar refractivity (Wildman–Crippen MR) is 111 cm³/mol. The van der Waals surface area contributed by atoms with Crippen LogP contribution in [0.15, 0.2) is 48.8 Å².